The number of aliphatic hydroxyl groups is 2. The minimum atomic E-state index is -0.352. The maximum Gasteiger partial charge on any atom is 0.184 e. The molecule has 5 rings (SSSR count). The standard InChI is InChI=1S/C37H54N2O5/c1-3-4-11-34-30(24-40)19-31(44-34)14-12-27-13-15-33(42)35(18-27)43-25-37(16-7-8-17-37)36-20-29(22-39-36)32(23-38-21-26(2)41)28-9-5-6-10-28/h13,15,18-20,22,26,28,32,34,38,40-42H,3-12,14,16-17,21,23-25H2,1-2H3. The Morgan fingerprint density at radius 2 is 1.95 bits per heavy atom. The number of aryl methyl sites for hydroxylation is 1. The summed E-state index contributed by atoms with van der Waals surface area (Å²) in [5, 5.41) is 33.8. The summed E-state index contributed by atoms with van der Waals surface area (Å²) in [6.07, 6.45) is 20.2. The molecule has 7 heteroatoms. The Morgan fingerprint density at radius 1 is 1.16 bits per heavy atom. The van der Waals surface area contributed by atoms with Crippen molar-refractivity contribution in [3.63, 3.8) is 0 Å². The third-order valence-corrected chi connectivity index (χ3v) is 10.2. The molecule has 0 aromatic heterocycles. The lowest BCUT2D eigenvalue weighted by Gasteiger charge is -2.26. The molecule has 4 N–H and O–H groups in total. The number of nitrogens with zero attached hydrogens (tertiary/aromatic N) is 1. The Kier molecular flexibility index (Phi) is 11.6. The summed E-state index contributed by atoms with van der Waals surface area (Å²) in [4.78, 5) is 5.01. The Hall–Kier alpha value is -2.61. The first kappa shape index (κ1) is 32.8. The lowest BCUT2D eigenvalue weighted by atomic mass is 9.78. The maximum absolute atomic E-state index is 10.7. The predicted molar refractivity (Wildman–Crippen MR) is 175 cm³/mol. The van der Waals surface area contributed by atoms with E-state index in [4.69, 9.17) is 14.5 Å². The summed E-state index contributed by atoms with van der Waals surface area (Å²) in [6, 6.07) is 5.65. The molecule has 2 fully saturated rings. The van der Waals surface area contributed by atoms with E-state index in [9.17, 15) is 15.3 Å². The Morgan fingerprint density at radius 3 is 2.68 bits per heavy atom. The van der Waals surface area contributed by atoms with Crippen LogP contribution >= 0.6 is 0 Å². The average molecular weight is 607 g/mol. The fraction of sp³-hybridized carbons (Fsp3) is 0.649. The second-order valence-corrected chi connectivity index (χ2v) is 13.6. The van der Waals surface area contributed by atoms with Crippen molar-refractivity contribution < 1.29 is 24.8 Å². The van der Waals surface area contributed by atoms with Gasteiger partial charge in [-0.15, -0.1) is 4.99 Å². The first-order chi connectivity index (χ1) is 21.4. The van der Waals surface area contributed by atoms with Crippen LogP contribution in [0.25, 0.3) is 0 Å². The number of hydrogen-bond acceptors (Lipinski definition) is 7. The zero-order chi connectivity index (χ0) is 30.9. The van der Waals surface area contributed by atoms with E-state index in [1.54, 1.807) is 6.07 Å². The van der Waals surface area contributed by atoms with Crippen LogP contribution in [0.4, 0.5) is 0 Å². The first-order valence-corrected chi connectivity index (χ1v) is 17.2. The second kappa shape index (κ2) is 15.6. The Balaban J connectivity index is 1.22. The van der Waals surface area contributed by atoms with Crippen LogP contribution in [-0.2, 0) is 11.2 Å². The number of unbranched alkanes of at least 4 members (excludes halogenated alkanes) is 1. The van der Waals surface area contributed by atoms with Gasteiger partial charge in [0.05, 0.1) is 12.0 Å². The third kappa shape index (κ3) is 8.15. The van der Waals surface area contributed by atoms with E-state index in [1.165, 1.54) is 31.6 Å². The smallest absolute Gasteiger partial charge is 0.184 e. The van der Waals surface area contributed by atoms with Crippen molar-refractivity contribution in [2.24, 2.45) is 22.2 Å². The average Bonchev–Trinajstić information content (AvgIpc) is 3.84. The number of allylic oxidation sites excluding steroid dienone is 2. The molecule has 2 aliphatic heterocycles. The van der Waals surface area contributed by atoms with E-state index in [0.29, 0.717) is 30.7 Å². The van der Waals surface area contributed by atoms with Crippen LogP contribution in [0.3, 0.4) is 0 Å². The number of hydrogen-bond donors (Lipinski definition) is 4. The zero-order valence-electron chi connectivity index (χ0n) is 26.9. The van der Waals surface area contributed by atoms with Gasteiger partial charge in [-0.2, -0.15) is 12.0 Å². The molecule has 242 valence electrons. The Bertz CT molecular complexity index is 1150. The molecular weight excluding hydrogens is 552 g/mol. The van der Waals surface area contributed by atoms with Crippen molar-refractivity contribution >= 4 is 6.21 Å². The van der Waals surface area contributed by atoms with Crippen LogP contribution in [0, 0.1) is 29.1 Å². The monoisotopic (exact) mass is 606 g/mol. The van der Waals surface area contributed by atoms with Gasteiger partial charge in [-0.1, -0.05) is 63.7 Å². The highest BCUT2D eigenvalue weighted by atomic mass is 16.5. The van der Waals surface area contributed by atoms with Gasteiger partial charge in [0.25, 0.3) is 0 Å². The highest BCUT2D eigenvalue weighted by molar-refractivity contribution is 5.83. The number of benzene rings is 1. The molecule has 2 heterocycles. The van der Waals surface area contributed by atoms with Gasteiger partial charge in [0.15, 0.2) is 17.2 Å². The van der Waals surface area contributed by atoms with Gasteiger partial charge in [-0.25, -0.2) is 0 Å². The largest absolute Gasteiger partial charge is 0.592 e. The minimum Gasteiger partial charge on any atom is -0.592 e. The topological polar surface area (TPSA) is 104 Å². The number of phenols is 1. The van der Waals surface area contributed by atoms with E-state index in [2.05, 4.69) is 24.5 Å². The number of ether oxygens (including phenoxy) is 2. The molecule has 1 aromatic rings. The second-order valence-electron chi connectivity index (χ2n) is 13.6. The molecule has 0 spiro atoms. The number of aliphatic hydroxyl groups excluding tert-OH is 2. The SMILES string of the molecule is CCCCC1OC(CCc2ccc(O)c(OCC3(C4=C[C+](C(CNCC(C)O)C5CCCC5)C=N4)CCCC3)c2)=C[C-]1CO. The molecule has 3 unspecified atom stereocenters. The number of nitrogens with one attached hydrogen (secondary N) is 1. The molecule has 2 saturated carbocycles. The van der Waals surface area contributed by atoms with Crippen molar-refractivity contribution in [2.75, 3.05) is 26.3 Å². The van der Waals surface area contributed by atoms with Crippen LogP contribution in [0.5, 0.6) is 11.5 Å². The number of aromatic hydroxyl groups is 1. The molecular formula is C37H54N2O5. The van der Waals surface area contributed by atoms with E-state index in [-0.39, 0.29) is 30.0 Å². The van der Waals surface area contributed by atoms with Gasteiger partial charge in [0.2, 0.25) is 0 Å². The predicted octanol–water partition coefficient (Wildman–Crippen LogP) is 6.62. The van der Waals surface area contributed by atoms with Gasteiger partial charge >= 0.3 is 0 Å². The molecule has 1 aromatic carbocycles. The summed E-state index contributed by atoms with van der Waals surface area (Å²) in [6.45, 7) is 6.01. The van der Waals surface area contributed by atoms with Crippen molar-refractivity contribution in [1.29, 1.82) is 0 Å². The van der Waals surface area contributed by atoms with Crippen LogP contribution in [0.15, 0.2) is 46.8 Å². The number of phenolic OH excluding ortho intramolecular Hbond substituents is 1. The molecule has 2 aliphatic carbocycles. The summed E-state index contributed by atoms with van der Waals surface area (Å²) in [5.41, 5.74) is 2.06. The maximum atomic E-state index is 10.7. The summed E-state index contributed by atoms with van der Waals surface area (Å²) >= 11 is 0. The molecule has 7 nitrogen and oxygen atoms in total. The van der Waals surface area contributed by atoms with E-state index in [0.717, 1.165) is 87.3 Å². The van der Waals surface area contributed by atoms with E-state index >= 15 is 0 Å². The summed E-state index contributed by atoms with van der Waals surface area (Å²) in [7, 11) is 0. The lowest BCUT2D eigenvalue weighted by Crippen LogP contribution is -2.35. The van der Waals surface area contributed by atoms with Crippen LogP contribution in [0.1, 0.15) is 96.5 Å². The molecule has 44 heavy (non-hydrogen) atoms. The molecule has 0 amide bonds. The fourth-order valence-electron chi connectivity index (χ4n) is 7.58. The van der Waals surface area contributed by atoms with Gasteiger partial charge in [-0.3, -0.25) is 0 Å². The normalized spacial score (nSPS) is 22.8. The molecule has 0 radical (unpaired) electrons. The first-order valence-electron chi connectivity index (χ1n) is 17.2. The van der Waals surface area contributed by atoms with Crippen molar-refractivity contribution in [3.05, 3.63) is 59.2 Å². The van der Waals surface area contributed by atoms with Crippen LogP contribution in [-0.4, -0.2) is 60.0 Å². The Labute approximate surface area is 264 Å². The van der Waals surface area contributed by atoms with Gasteiger partial charge in [-0.05, 0) is 69.1 Å². The number of rotatable bonds is 17. The quantitative estimate of drug-likeness (QED) is 0.149. The van der Waals surface area contributed by atoms with E-state index < -0.39 is 0 Å². The van der Waals surface area contributed by atoms with Gasteiger partial charge in [0.1, 0.15) is 30.2 Å². The fourth-order valence-corrected chi connectivity index (χ4v) is 7.58. The van der Waals surface area contributed by atoms with Crippen molar-refractivity contribution in [1.82, 2.24) is 5.32 Å². The molecule has 0 bridgehead atoms. The highest BCUT2D eigenvalue weighted by Gasteiger charge is 2.48. The minimum absolute atomic E-state index is 0.00415. The lowest BCUT2D eigenvalue weighted by molar-refractivity contribution is 0.123. The van der Waals surface area contributed by atoms with Crippen LogP contribution in [0.2, 0.25) is 0 Å². The third-order valence-electron chi connectivity index (χ3n) is 10.2. The van der Waals surface area contributed by atoms with Gasteiger partial charge < -0.3 is 30.1 Å². The van der Waals surface area contributed by atoms with Crippen LogP contribution < -0.4 is 10.1 Å². The molecule has 4 aliphatic rings. The zero-order valence-corrected chi connectivity index (χ0v) is 26.9. The highest BCUT2D eigenvalue weighted by Crippen LogP contribution is 2.49. The summed E-state index contributed by atoms with van der Waals surface area (Å²) in [5.74, 6) is 4.95. The van der Waals surface area contributed by atoms with Crippen molar-refractivity contribution in [2.45, 2.75) is 110 Å². The number of aliphatic imine (C=N–C) groups is 1. The van der Waals surface area contributed by atoms with Gasteiger partial charge in [0, 0.05) is 25.8 Å². The summed E-state index contributed by atoms with van der Waals surface area (Å²) < 4.78 is 12.6. The molecule has 3 atom stereocenters. The van der Waals surface area contributed by atoms with Crippen molar-refractivity contribution in [3.8, 4) is 11.5 Å². The molecule has 0 saturated heterocycles. The van der Waals surface area contributed by atoms with E-state index in [1.807, 2.05) is 25.1 Å².